The summed E-state index contributed by atoms with van der Waals surface area (Å²) in [6.45, 7) is 7.82. The van der Waals surface area contributed by atoms with Crippen molar-refractivity contribution in [3.05, 3.63) is 59.2 Å². The van der Waals surface area contributed by atoms with Crippen LogP contribution in [-0.2, 0) is 10.0 Å². The molecule has 0 atom stereocenters. The number of rotatable bonds is 7. The van der Waals surface area contributed by atoms with Crippen LogP contribution in [0.1, 0.15) is 41.3 Å². The molecule has 2 aromatic rings. The van der Waals surface area contributed by atoms with Gasteiger partial charge in [0.15, 0.2) is 0 Å². The zero-order chi connectivity index (χ0) is 21.7. The van der Waals surface area contributed by atoms with Crippen LogP contribution >= 0.6 is 0 Å². The van der Waals surface area contributed by atoms with Gasteiger partial charge in [-0.15, -0.1) is 0 Å². The van der Waals surface area contributed by atoms with Crippen LogP contribution in [0.15, 0.2) is 47.4 Å². The molecule has 1 fully saturated rings. The van der Waals surface area contributed by atoms with Gasteiger partial charge < -0.3 is 10.1 Å². The SMILES string of the molecule is Cc1ccc(C)c(OCCNC(=O)c2cccc(S(=O)(=O)N3CCC(C)CC3)c2)c1. The lowest BCUT2D eigenvalue weighted by Crippen LogP contribution is -2.38. The van der Waals surface area contributed by atoms with Gasteiger partial charge in [0.1, 0.15) is 12.4 Å². The second-order valence-electron chi connectivity index (χ2n) is 7.99. The van der Waals surface area contributed by atoms with Gasteiger partial charge in [0.25, 0.3) is 5.91 Å². The fourth-order valence-electron chi connectivity index (χ4n) is 3.46. The van der Waals surface area contributed by atoms with Crippen LogP contribution in [0.2, 0.25) is 0 Å². The van der Waals surface area contributed by atoms with E-state index in [0.29, 0.717) is 37.7 Å². The Bertz CT molecular complexity index is 996. The van der Waals surface area contributed by atoms with E-state index in [4.69, 9.17) is 4.74 Å². The van der Waals surface area contributed by atoms with Crippen molar-refractivity contribution in [2.45, 2.75) is 38.5 Å². The molecule has 1 N–H and O–H groups in total. The molecule has 6 nitrogen and oxygen atoms in total. The summed E-state index contributed by atoms with van der Waals surface area (Å²) in [5.74, 6) is 1.02. The summed E-state index contributed by atoms with van der Waals surface area (Å²) in [5, 5.41) is 2.79. The molecule has 0 unspecified atom stereocenters. The standard InChI is InChI=1S/C23H30N2O4S/c1-17-9-12-25(13-10-17)30(27,28)21-6-4-5-20(16-21)23(26)24-11-14-29-22-15-18(2)7-8-19(22)3/h4-8,15-17H,9-14H2,1-3H3,(H,24,26). The third-order valence-electron chi connectivity index (χ3n) is 5.47. The van der Waals surface area contributed by atoms with E-state index in [2.05, 4.69) is 12.2 Å². The van der Waals surface area contributed by atoms with E-state index < -0.39 is 10.0 Å². The Morgan fingerprint density at radius 3 is 2.60 bits per heavy atom. The molecule has 3 rings (SSSR count). The normalized spacial score (nSPS) is 15.7. The molecule has 1 aliphatic heterocycles. The molecule has 0 radical (unpaired) electrons. The first kappa shape index (κ1) is 22.3. The van der Waals surface area contributed by atoms with Crippen molar-refractivity contribution in [2.24, 2.45) is 5.92 Å². The highest BCUT2D eigenvalue weighted by molar-refractivity contribution is 7.89. The lowest BCUT2D eigenvalue weighted by Gasteiger charge is -2.29. The third-order valence-corrected chi connectivity index (χ3v) is 7.36. The van der Waals surface area contributed by atoms with E-state index in [0.717, 1.165) is 29.7 Å². The average Bonchev–Trinajstić information content (AvgIpc) is 2.74. The van der Waals surface area contributed by atoms with Crippen molar-refractivity contribution in [3.63, 3.8) is 0 Å². The minimum absolute atomic E-state index is 0.163. The maximum atomic E-state index is 12.9. The molecule has 1 heterocycles. The van der Waals surface area contributed by atoms with Gasteiger partial charge in [0.2, 0.25) is 10.0 Å². The summed E-state index contributed by atoms with van der Waals surface area (Å²) in [7, 11) is -3.58. The minimum atomic E-state index is -3.58. The smallest absolute Gasteiger partial charge is 0.251 e. The van der Waals surface area contributed by atoms with Gasteiger partial charge in [-0.1, -0.05) is 25.1 Å². The van der Waals surface area contributed by atoms with Gasteiger partial charge in [-0.05, 0) is 68.0 Å². The zero-order valence-corrected chi connectivity index (χ0v) is 18.7. The van der Waals surface area contributed by atoms with E-state index >= 15 is 0 Å². The van der Waals surface area contributed by atoms with Gasteiger partial charge in [-0.2, -0.15) is 4.31 Å². The summed E-state index contributed by atoms with van der Waals surface area (Å²) in [5.41, 5.74) is 2.48. The predicted molar refractivity (Wildman–Crippen MR) is 117 cm³/mol. The van der Waals surface area contributed by atoms with Gasteiger partial charge in [-0.25, -0.2) is 8.42 Å². The molecule has 0 saturated carbocycles. The Labute approximate surface area is 179 Å². The second-order valence-corrected chi connectivity index (χ2v) is 9.93. The highest BCUT2D eigenvalue weighted by Crippen LogP contribution is 2.24. The first-order chi connectivity index (χ1) is 14.3. The number of aryl methyl sites for hydroxylation is 2. The summed E-state index contributed by atoms with van der Waals surface area (Å²) < 4.78 is 33.1. The van der Waals surface area contributed by atoms with Crippen LogP contribution in [0.3, 0.4) is 0 Å². The first-order valence-electron chi connectivity index (χ1n) is 10.4. The van der Waals surface area contributed by atoms with Crippen molar-refractivity contribution in [3.8, 4) is 5.75 Å². The largest absolute Gasteiger partial charge is 0.491 e. The number of piperidine rings is 1. The summed E-state index contributed by atoms with van der Waals surface area (Å²) in [6, 6.07) is 12.2. The average molecular weight is 431 g/mol. The Hall–Kier alpha value is -2.38. The molecule has 0 bridgehead atoms. The van der Waals surface area contributed by atoms with Gasteiger partial charge in [0, 0.05) is 18.7 Å². The molecule has 1 aliphatic rings. The van der Waals surface area contributed by atoms with Crippen LogP contribution in [0, 0.1) is 19.8 Å². The maximum absolute atomic E-state index is 12.9. The molecule has 0 spiro atoms. The Kier molecular flexibility index (Phi) is 7.15. The molecule has 30 heavy (non-hydrogen) atoms. The third kappa shape index (κ3) is 5.40. The summed E-state index contributed by atoms with van der Waals surface area (Å²) in [4.78, 5) is 12.7. The molecular formula is C23H30N2O4S. The molecular weight excluding hydrogens is 400 g/mol. The van der Waals surface area contributed by atoms with Crippen molar-refractivity contribution >= 4 is 15.9 Å². The van der Waals surface area contributed by atoms with E-state index in [1.165, 1.54) is 10.4 Å². The minimum Gasteiger partial charge on any atom is -0.491 e. The van der Waals surface area contributed by atoms with Crippen LogP contribution < -0.4 is 10.1 Å². The number of nitrogens with zero attached hydrogens (tertiary/aromatic N) is 1. The monoisotopic (exact) mass is 430 g/mol. The number of sulfonamides is 1. The number of hydrogen-bond acceptors (Lipinski definition) is 4. The van der Waals surface area contributed by atoms with Crippen molar-refractivity contribution in [1.29, 1.82) is 0 Å². The lowest BCUT2D eigenvalue weighted by molar-refractivity contribution is 0.0946. The summed E-state index contributed by atoms with van der Waals surface area (Å²) in [6.07, 6.45) is 1.72. The van der Waals surface area contributed by atoms with E-state index in [-0.39, 0.29) is 10.8 Å². The van der Waals surface area contributed by atoms with E-state index in [1.807, 2.05) is 32.0 Å². The molecule has 162 valence electrons. The molecule has 2 aromatic carbocycles. The molecule has 7 heteroatoms. The fraction of sp³-hybridized carbons (Fsp3) is 0.435. The Morgan fingerprint density at radius 1 is 1.13 bits per heavy atom. The van der Waals surface area contributed by atoms with Gasteiger partial charge in [-0.3, -0.25) is 4.79 Å². The van der Waals surface area contributed by atoms with Crippen LogP contribution in [0.4, 0.5) is 0 Å². The fourth-order valence-corrected chi connectivity index (χ4v) is 4.98. The molecule has 0 aromatic heterocycles. The number of ether oxygens (including phenoxy) is 1. The van der Waals surface area contributed by atoms with E-state index in [1.54, 1.807) is 18.2 Å². The highest BCUT2D eigenvalue weighted by atomic mass is 32.2. The van der Waals surface area contributed by atoms with Crippen molar-refractivity contribution < 1.29 is 17.9 Å². The van der Waals surface area contributed by atoms with Crippen LogP contribution in [0.5, 0.6) is 5.75 Å². The number of hydrogen-bond donors (Lipinski definition) is 1. The Morgan fingerprint density at radius 2 is 1.87 bits per heavy atom. The van der Waals surface area contributed by atoms with Crippen molar-refractivity contribution in [1.82, 2.24) is 9.62 Å². The molecule has 0 aliphatic carbocycles. The number of carbonyl (C=O) groups is 1. The number of nitrogens with one attached hydrogen (secondary N) is 1. The first-order valence-corrected chi connectivity index (χ1v) is 11.8. The number of benzene rings is 2. The van der Waals surface area contributed by atoms with Crippen molar-refractivity contribution in [2.75, 3.05) is 26.2 Å². The highest BCUT2D eigenvalue weighted by Gasteiger charge is 2.28. The molecule has 1 saturated heterocycles. The zero-order valence-electron chi connectivity index (χ0n) is 17.8. The van der Waals surface area contributed by atoms with Crippen LogP contribution in [-0.4, -0.2) is 44.9 Å². The lowest BCUT2D eigenvalue weighted by atomic mass is 10.0. The van der Waals surface area contributed by atoms with E-state index in [9.17, 15) is 13.2 Å². The molecule has 1 amide bonds. The van der Waals surface area contributed by atoms with Gasteiger partial charge in [0.05, 0.1) is 11.4 Å². The topological polar surface area (TPSA) is 75.7 Å². The van der Waals surface area contributed by atoms with Crippen LogP contribution in [0.25, 0.3) is 0 Å². The second kappa shape index (κ2) is 9.62. The Balaban J connectivity index is 1.58. The van der Waals surface area contributed by atoms with Gasteiger partial charge >= 0.3 is 0 Å². The number of carbonyl (C=O) groups excluding carboxylic acids is 1. The summed E-state index contributed by atoms with van der Waals surface area (Å²) >= 11 is 0. The number of amides is 1. The maximum Gasteiger partial charge on any atom is 0.251 e. The quantitative estimate of drug-likeness (QED) is 0.682. The predicted octanol–water partition coefficient (Wildman–Crippen LogP) is 3.53.